The van der Waals surface area contributed by atoms with Crippen LogP contribution in [0.2, 0.25) is 0 Å². The number of nitrogens with zero attached hydrogens (tertiary/aromatic N) is 5. The molecule has 32 heavy (non-hydrogen) atoms. The van der Waals surface area contributed by atoms with E-state index in [1.807, 2.05) is 24.0 Å². The number of hydrogen-bond donors (Lipinski definition) is 1. The van der Waals surface area contributed by atoms with Crippen molar-refractivity contribution in [2.24, 2.45) is 24.8 Å². The number of nitrogens with one attached hydrogen (secondary N) is 1. The average molecular weight is 433 g/mol. The van der Waals surface area contributed by atoms with Gasteiger partial charge < -0.3 is 15.0 Å². The largest absolute Gasteiger partial charge is 0.381 e. The summed E-state index contributed by atoms with van der Waals surface area (Å²) in [6.07, 6.45) is 7.00. The summed E-state index contributed by atoms with van der Waals surface area (Å²) in [4.78, 5) is 2.72. The quantitative estimate of drug-likeness (QED) is 0.665. The molecule has 0 unspecified atom stereocenters. The van der Waals surface area contributed by atoms with Gasteiger partial charge in [0.25, 0.3) is 0 Å². The molecule has 0 radical (unpaired) electrons. The minimum absolute atomic E-state index is 0.516. The third-order valence-corrected chi connectivity index (χ3v) is 7.62. The molecule has 7 nitrogen and oxygen atoms in total. The molecule has 3 atom stereocenters. The highest BCUT2D eigenvalue weighted by Crippen LogP contribution is 2.39. The number of likely N-dealkylation sites (tertiary alicyclic amines) is 1. The van der Waals surface area contributed by atoms with Crippen molar-refractivity contribution < 1.29 is 4.74 Å². The van der Waals surface area contributed by atoms with E-state index in [2.05, 4.69) is 49.8 Å². The van der Waals surface area contributed by atoms with Gasteiger partial charge in [0.2, 0.25) is 0 Å². The summed E-state index contributed by atoms with van der Waals surface area (Å²) in [5.74, 6) is 3.38. The first kappa shape index (κ1) is 20.1. The first-order chi connectivity index (χ1) is 15.7. The van der Waals surface area contributed by atoms with Crippen LogP contribution < -0.4 is 5.32 Å². The molecule has 1 N–H and O–H groups in total. The lowest BCUT2D eigenvalue weighted by Crippen LogP contribution is -2.32. The minimum Gasteiger partial charge on any atom is -0.381 e. The zero-order valence-electron chi connectivity index (χ0n) is 18.8. The average Bonchev–Trinajstić information content (AvgIpc) is 3.46. The number of rotatable bonds is 5. The van der Waals surface area contributed by atoms with Crippen LogP contribution in [0.5, 0.6) is 0 Å². The van der Waals surface area contributed by atoms with E-state index >= 15 is 0 Å². The van der Waals surface area contributed by atoms with Crippen LogP contribution in [0, 0.1) is 17.8 Å². The Morgan fingerprint density at radius 2 is 1.84 bits per heavy atom. The molecule has 1 aliphatic carbocycles. The summed E-state index contributed by atoms with van der Waals surface area (Å²) in [5, 5.41) is 18.2. The Labute approximate surface area is 189 Å². The molecule has 4 heterocycles. The Hall–Kier alpha value is -2.51. The van der Waals surface area contributed by atoms with Crippen LogP contribution in [0.1, 0.15) is 25.7 Å². The van der Waals surface area contributed by atoms with Gasteiger partial charge in [-0.3, -0.25) is 4.68 Å². The van der Waals surface area contributed by atoms with Gasteiger partial charge in [-0.1, -0.05) is 6.07 Å². The summed E-state index contributed by atoms with van der Waals surface area (Å²) < 4.78 is 7.36. The lowest BCUT2D eigenvalue weighted by Gasteiger charge is -2.27. The molecule has 7 heteroatoms. The van der Waals surface area contributed by atoms with E-state index in [4.69, 9.17) is 4.74 Å². The zero-order chi connectivity index (χ0) is 21.5. The molecule has 1 aromatic carbocycles. The van der Waals surface area contributed by atoms with E-state index in [9.17, 15) is 0 Å². The zero-order valence-corrected chi connectivity index (χ0v) is 18.8. The van der Waals surface area contributed by atoms with Gasteiger partial charge in [-0.05, 0) is 67.7 Å². The summed E-state index contributed by atoms with van der Waals surface area (Å²) in [6.45, 7) is 5.71. The summed E-state index contributed by atoms with van der Waals surface area (Å²) in [5.41, 5.74) is 2.97. The smallest absolute Gasteiger partial charge is 0.148 e. The molecule has 0 spiro atoms. The number of anilines is 1. The van der Waals surface area contributed by atoms with Gasteiger partial charge >= 0.3 is 0 Å². The van der Waals surface area contributed by atoms with E-state index in [-0.39, 0.29) is 0 Å². The van der Waals surface area contributed by atoms with Crippen molar-refractivity contribution in [2.45, 2.75) is 31.7 Å². The fraction of sp³-hybridized carbons (Fsp3) is 0.560. The standard InChI is InChI=1S/C25H32N6O/c1-30-14-21-10-18(2-3-24(21)29-30)23-4-5-25(28-27-23)26-22-11-19-15-31(16-20(19)12-22)13-17-6-8-32-9-7-17/h2-5,10,14,17,19-20,22H,6-9,11-13,15-16H2,1H3,(H,26,28)/t19-,20+,22+. The van der Waals surface area contributed by atoms with Crippen molar-refractivity contribution in [2.75, 3.05) is 38.2 Å². The molecule has 6 rings (SSSR count). The highest BCUT2D eigenvalue weighted by molar-refractivity contribution is 5.83. The first-order valence-electron chi connectivity index (χ1n) is 12.0. The van der Waals surface area contributed by atoms with Crippen molar-refractivity contribution in [1.29, 1.82) is 0 Å². The molecule has 3 aromatic rings. The van der Waals surface area contributed by atoms with Crippen LogP contribution in [0.25, 0.3) is 22.2 Å². The molecule has 2 aromatic heterocycles. The third kappa shape index (κ3) is 4.11. The molecule has 168 valence electrons. The summed E-state index contributed by atoms with van der Waals surface area (Å²) >= 11 is 0. The van der Waals surface area contributed by atoms with Gasteiger partial charge in [0.1, 0.15) is 5.82 Å². The number of hydrogen-bond acceptors (Lipinski definition) is 6. The number of aromatic nitrogens is 4. The second kappa shape index (κ2) is 8.45. The van der Waals surface area contributed by atoms with Crippen molar-refractivity contribution >= 4 is 16.7 Å². The van der Waals surface area contributed by atoms with E-state index < -0.39 is 0 Å². The van der Waals surface area contributed by atoms with Gasteiger partial charge in [-0.2, -0.15) is 5.10 Å². The second-order valence-electron chi connectivity index (χ2n) is 9.99. The maximum atomic E-state index is 5.52. The summed E-state index contributed by atoms with van der Waals surface area (Å²) in [7, 11) is 1.95. The Balaban J connectivity index is 1.04. The highest BCUT2D eigenvalue weighted by atomic mass is 16.5. The van der Waals surface area contributed by atoms with Gasteiger partial charge in [0.05, 0.1) is 11.2 Å². The van der Waals surface area contributed by atoms with Crippen molar-refractivity contribution in [3.63, 3.8) is 0 Å². The van der Waals surface area contributed by atoms with Gasteiger partial charge in [-0.15, -0.1) is 10.2 Å². The molecule has 0 amide bonds. The number of ether oxygens (including phenoxy) is 1. The van der Waals surface area contributed by atoms with Gasteiger partial charge in [-0.25, -0.2) is 0 Å². The third-order valence-electron chi connectivity index (χ3n) is 7.62. The van der Waals surface area contributed by atoms with Crippen LogP contribution in [0.3, 0.4) is 0 Å². The van der Waals surface area contributed by atoms with Crippen LogP contribution in [-0.2, 0) is 11.8 Å². The molecule has 2 saturated heterocycles. The first-order valence-corrected chi connectivity index (χ1v) is 12.0. The Bertz CT molecular complexity index is 1060. The molecule has 0 bridgehead atoms. The Kier molecular flexibility index (Phi) is 5.31. The SMILES string of the molecule is Cn1cc2cc(-c3ccc(N[C@H]4C[C@@H]5CN(CC6CCOCC6)C[C@@H]5C4)nn3)ccc2n1. The number of fused-ring (bicyclic) bond motifs is 2. The maximum Gasteiger partial charge on any atom is 0.148 e. The lowest BCUT2D eigenvalue weighted by molar-refractivity contribution is 0.0545. The van der Waals surface area contributed by atoms with Crippen molar-refractivity contribution in [3.05, 3.63) is 36.5 Å². The van der Waals surface area contributed by atoms with E-state index in [1.54, 1.807) is 0 Å². The monoisotopic (exact) mass is 432 g/mol. The Morgan fingerprint density at radius 3 is 2.59 bits per heavy atom. The normalized spacial score (nSPS) is 26.6. The molecule has 3 aliphatic rings. The maximum absolute atomic E-state index is 5.52. The van der Waals surface area contributed by atoms with Crippen molar-refractivity contribution in [1.82, 2.24) is 24.9 Å². The predicted molar refractivity (Wildman–Crippen MR) is 125 cm³/mol. The van der Waals surface area contributed by atoms with Gasteiger partial charge in [0.15, 0.2) is 0 Å². The van der Waals surface area contributed by atoms with Crippen molar-refractivity contribution in [3.8, 4) is 11.3 Å². The minimum atomic E-state index is 0.516. The van der Waals surface area contributed by atoms with E-state index in [1.165, 1.54) is 45.3 Å². The number of benzene rings is 1. The Morgan fingerprint density at radius 1 is 1.03 bits per heavy atom. The van der Waals surface area contributed by atoms with E-state index in [0.29, 0.717) is 6.04 Å². The topological polar surface area (TPSA) is 68.1 Å². The number of aryl methyl sites for hydroxylation is 1. The molecule has 1 saturated carbocycles. The molecule has 3 fully saturated rings. The summed E-state index contributed by atoms with van der Waals surface area (Å²) in [6, 6.07) is 10.9. The fourth-order valence-corrected chi connectivity index (χ4v) is 6.04. The highest BCUT2D eigenvalue weighted by Gasteiger charge is 2.41. The lowest BCUT2D eigenvalue weighted by atomic mass is 10.00. The van der Waals surface area contributed by atoms with Gasteiger partial charge in [0, 0.05) is 63.1 Å². The predicted octanol–water partition coefficient (Wildman–Crippen LogP) is 3.58. The molecular formula is C25H32N6O. The second-order valence-corrected chi connectivity index (χ2v) is 9.99. The van der Waals surface area contributed by atoms with Crippen LogP contribution in [-0.4, -0.2) is 63.8 Å². The molecular weight excluding hydrogens is 400 g/mol. The van der Waals surface area contributed by atoms with Crippen LogP contribution >= 0.6 is 0 Å². The van der Waals surface area contributed by atoms with Crippen LogP contribution in [0.15, 0.2) is 36.5 Å². The van der Waals surface area contributed by atoms with Crippen LogP contribution in [0.4, 0.5) is 5.82 Å². The fourth-order valence-electron chi connectivity index (χ4n) is 6.04. The van der Waals surface area contributed by atoms with E-state index in [0.717, 1.165) is 58.9 Å². The molecule has 2 aliphatic heterocycles.